The molecule has 144 valence electrons. The number of amides is 1. The molecular formula is C21H26FN3O2. The van der Waals surface area contributed by atoms with Gasteiger partial charge in [0.2, 0.25) is 5.91 Å². The number of carbonyl (C=O) groups is 1. The van der Waals surface area contributed by atoms with Crippen molar-refractivity contribution in [2.45, 2.75) is 13.5 Å². The zero-order valence-electron chi connectivity index (χ0n) is 15.9. The molecule has 6 heteroatoms. The van der Waals surface area contributed by atoms with Crippen LogP contribution >= 0.6 is 0 Å². The van der Waals surface area contributed by atoms with Gasteiger partial charge < -0.3 is 15.0 Å². The van der Waals surface area contributed by atoms with Crippen molar-refractivity contribution < 1.29 is 13.9 Å². The zero-order valence-corrected chi connectivity index (χ0v) is 15.9. The van der Waals surface area contributed by atoms with E-state index in [1.165, 1.54) is 6.07 Å². The molecular weight excluding hydrogens is 345 g/mol. The number of hydrogen-bond acceptors (Lipinski definition) is 4. The Kier molecular flexibility index (Phi) is 6.29. The summed E-state index contributed by atoms with van der Waals surface area (Å²) in [7, 11) is 1.68. The van der Waals surface area contributed by atoms with Crippen molar-refractivity contribution in [1.29, 1.82) is 0 Å². The molecule has 0 saturated carbocycles. The molecule has 5 nitrogen and oxygen atoms in total. The van der Waals surface area contributed by atoms with E-state index in [0.717, 1.165) is 43.2 Å². The van der Waals surface area contributed by atoms with Gasteiger partial charge in [0.15, 0.2) is 0 Å². The normalized spacial score (nSPS) is 14.9. The topological polar surface area (TPSA) is 44.8 Å². The Morgan fingerprint density at radius 1 is 1.15 bits per heavy atom. The van der Waals surface area contributed by atoms with E-state index in [9.17, 15) is 9.18 Å². The highest BCUT2D eigenvalue weighted by Gasteiger charge is 2.20. The summed E-state index contributed by atoms with van der Waals surface area (Å²) < 4.78 is 18.7. The SMILES string of the molecule is COc1ccccc1N1CCN(CC(=O)NCc2ccc(F)c(C)c2)CC1. The highest BCUT2D eigenvalue weighted by Crippen LogP contribution is 2.28. The lowest BCUT2D eigenvalue weighted by Crippen LogP contribution is -2.49. The van der Waals surface area contributed by atoms with Crippen molar-refractivity contribution in [3.8, 4) is 5.75 Å². The first-order valence-electron chi connectivity index (χ1n) is 9.19. The molecule has 0 aromatic heterocycles. The number of halogens is 1. The molecule has 1 fully saturated rings. The molecule has 1 saturated heterocycles. The van der Waals surface area contributed by atoms with Crippen LogP contribution in [0.15, 0.2) is 42.5 Å². The second-order valence-corrected chi connectivity index (χ2v) is 6.80. The minimum absolute atomic E-state index is 0.0114. The van der Waals surface area contributed by atoms with Crippen LogP contribution in [0.25, 0.3) is 0 Å². The van der Waals surface area contributed by atoms with Gasteiger partial charge in [0, 0.05) is 32.7 Å². The molecule has 1 heterocycles. The largest absolute Gasteiger partial charge is 0.495 e. The van der Waals surface area contributed by atoms with Crippen LogP contribution in [0.2, 0.25) is 0 Å². The first-order chi connectivity index (χ1) is 13.1. The lowest BCUT2D eigenvalue weighted by molar-refractivity contribution is -0.122. The van der Waals surface area contributed by atoms with Crippen molar-refractivity contribution in [2.24, 2.45) is 0 Å². The summed E-state index contributed by atoms with van der Waals surface area (Å²) >= 11 is 0. The third-order valence-electron chi connectivity index (χ3n) is 4.88. The maximum absolute atomic E-state index is 13.3. The molecule has 27 heavy (non-hydrogen) atoms. The van der Waals surface area contributed by atoms with E-state index < -0.39 is 0 Å². The minimum atomic E-state index is -0.224. The molecule has 1 amide bonds. The maximum atomic E-state index is 13.3. The molecule has 0 aliphatic carbocycles. The van der Waals surface area contributed by atoms with Gasteiger partial charge in [-0.3, -0.25) is 9.69 Å². The number of nitrogens with zero attached hydrogens (tertiary/aromatic N) is 2. The molecule has 1 aliphatic heterocycles. The van der Waals surface area contributed by atoms with Crippen LogP contribution < -0.4 is 15.0 Å². The predicted octanol–water partition coefficient (Wildman–Crippen LogP) is 2.58. The molecule has 2 aromatic carbocycles. The number of methoxy groups -OCH3 is 1. The summed E-state index contributed by atoms with van der Waals surface area (Å²) in [6.07, 6.45) is 0. The van der Waals surface area contributed by atoms with E-state index in [1.807, 2.05) is 18.2 Å². The summed E-state index contributed by atoms with van der Waals surface area (Å²) in [4.78, 5) is 16.7. The van der Waals surface area contributed by atoms with E-state index in [0.29, 0.717) is 18.7 Å². The Hall–Kier alpha value is -2.60. The van der Waals surface area contributed by atoms with Gasteiger partial charge >= 0.3 is 0 Å². The fraction of sp³-hybridized carbons (Fsp3) is 0.381. The second-order valence-electron chi connectivity index (χ2n) is 6.80. The first kappa shape index (κ1) is 19.2. The number of aryl methyl sites for hydroxylation is 1. The van der Waals surface area contributed by atoms with Gasteiger partial charge in [0.05, 0.1) is 19.3 Å². The Bertz CT molecular complexity index is 789. The van der Waals surface area contributed by atoms with Gasteiger partial charge in [-0.2, -0.15) is 0 Å². The lowest BCUT2D eigenvalue weighted by atomic mass is 10.1. The second kappa shape index (κ2) is 8.86. The molecule has 0 radical (unpaired) electrons. The fourth-order valence-corrected chi connectivity index (χ4v) is 3.31. The number of anilines is 1. The van der Waals surface area contributed by atoms with Gasteiger partial charge in [0.25, 0.3) is 0 Å². The average molecular weight is 371 g/mol. The van der Waals surface area contributed by atoms with Crippen molar-refractivity contribution >= 4 is 11.6 Å². The summed E-state index contributed by atoms with van der Waals surface area (Å²) in [6, 6.07) is 12.9. The summed E-state index contributed by atoms with van der Waals surface area (Å²) in [5.41, 5.74) is 2.59. The number of benzene rings is 2. The van der Waals surface area contributed by atoms with Gasteiger partial charge in [0.1, 0.15) is 11.6 Å². The number of piperazine rings is 1. The Morgan fingerprint density at radius 3 is 2.59 bits per heavy atom. The van der Waals surface area contributed by atoms with E-state index >= 15 is 0 Å². The zero-order chi connectivity index (χ0) is 19.2. The number of nitrogens with one attached hydrogen (secondary N) is 1. The third-order valence-corrected chi connectivity index (χ3v) is 4.88. The van der Waals surface area contributed by atoms with Crippen molar-refractivity contribution in [1.82, 2.24) is 10.2 Å². The fourth-order valence-electron chi connectivity index (χ4n) is 3.31. The number of para-hydroxylation sites is 2. The van der Waals surface area contributed by atoms with Crippen LogP contribution in [-0.2, 0) is 11.3 Å². The van der Waals surface area contributed by atoms with E-state index in [-0.39, 0.29) is 11.7 Å². The highest BCUT2D eigenvalue weighted by atomic mass is 19.1. The summed E-state index contributed by atoms with van der Waals surface area (Å²) in [5.74, 6) is 0.638. The van der Waals surface area contributed by atoms with Gasteiger partial charge in [-0.1, -0.05) is 24.3 Å². The third kappa shape index (κ3) is 4.98. The van der Waals surface area contributed by atoms with Gasteiger partial charge in [-0.25, -0.2) is 4.39 Å². The number of carbonyl (C=O) groups excluding carboxylic acids is 1. The van der Waals surface area contributed by atoms with Crippen LogP contribution in [0.4, 0.5) is 10.1 Å². The van der Waals surface area contributed by atoms with Crippen molar-refractivity contribution in [3.05, 3.63) is 59.4 Å². The molecule has 1 aliphatic rings. The first-order valence-corrected chi connectivity index (χ1v) is 9.19. The van der Waals surface area contributed by atoms with Crippen LogP contribution in [0.3, 0.4) is 0 Å². The quantitative estimate of drug-likeness (QED) is 0.848. The molecule has 0 atom stereocenters. The highest BCUT2D eigenvalue weighted by molar-refractivity contribution is 5.78. The predicted molar refractivity (Wildman–Crippen MR) is 105 cm³/mol. The monoisotopic (exact) mass is 371 g/mol. The number of rotatable bonds is 6. The molecule has 2 aromatic rings. The number of ether oxygens (including phenoxy) is 1. The van der Waals surface area contributed by atoms with Crippen LogP contribution in [0.1, 0.15) is 11.1 Å². The molecule has 0 bridgehead atoms. The Balaban J connectivity index is 1.46. The van der Waals surface area contributed by atoms with E-state index in [4.69, 9.17) is 4.74 Å². The smallest absolute Gasteiger partial charge is 0.234 e. The van der Waals surface area contributed by atoms with E-state index in [1.54, 1.807) is 26.2 Å². The van der Waals surface area contributed by atoms with Crippen molar-refractivity contribution in [3.63, 3.8) is 0 Å². The van der Waals surface area contributed by atoms with Crippen molar-refractivity contribution in [2.75, 3.05) is 44.7 Å². The van der Waals surface area contributed by atoms with E-state index in [2.05, 4.69) is 21.2 Å². The maximum Gasteiger partial charge on any atom is 0.234 e. The lowest BCUT2D eigenvalue weighted by Gasteiger charge is -2.36. The minimum Gasteiger partial charge on any atom is -0.495 e. The summed E-state index contributed by atoms with van der Waals surface area (Å²) in [6.45, 7) is 5.86. The standard InChI is InChI=1S/C21H26FN3O2/c1-16-13-17(7-8-18(16)22)14-23-21(26)15-24-9-11-25(12-10-24)19-5-3-4-6-20(19)27-2/h3-8,13H,9-12,14-15H2,1-2H3,(H,23,26). The van der Waals surface area contributed by atoms with Gasteiger partial charge in [-0.05, 0) is 36.2 Å². The Morgan fingerprint density at radius 2 is 1.89 bits per heavy atom. The Labute approximate surface area is 159 Å². The number of hydrogen-bond donors (Lipinski definition) is 1. The average Bonchev–Trinajstić information content (AvgIpc) is 2.69. The van der Waals surface area contributed by atoms with Gasteiger partial charge in [-0.15, -0.1) is 0 Å². The molecule has 0 spiro atoms. The van der Waals surface area contributed by atoms with Crippen LogP contribution in [-0.4, -0.2) is 50.6 Å². The molecule has 3 rings (SSSR count). The summed E-state index contributed by atoms with van der Waals surface area (Å²) in [5, 5.41) is 2.92. The van der Waals surface area contributed by atoms with Crippen LogP contribution in [0, 0.1) is 12.7 Å². The molecule has 1 N–H and O–H groups in total. The van der Waals surface area contributed by atoms with Crippen LogP contribution in [0.5, 0.6) is 5.75 Å². The molecule has 0 unspecified atom stereocenters.